The van der Waals surface area contributed by atoms with Gasteiger partial charge in [0.2, 0.25) is 0 Å². The molecule has 0 N–H and O–H groups in total. The number of para-hydroxylation sites is 1. The van der Waals surface area contributed by atoms with Gasteiger partial charge in [-0.05, 0) is 30.7 Å². The molecule has 3 nitrogen and oxygen atoms in total. The smallest absolute Gasteiger partial charge is 0.293 e. The van der Waals surface area contributed by atoms with Crippen LogP contribution in [0.3, 0.4) is 0 Å². The van der Waals surface area contributed by atoms with Gasteiger partial charge in [0.1, 0.15) is 5.52 Å². The molecule has 0 bridgehead atoms. The summed E-state index contributed by atoms with van der Waals surface area (Å²) in [4.78, 5) is 15.0. The molecule has 0 aliphatic heterocycles. The topological polar surface area (TPSA) is 43.1 Å². The monoisotopic (exact) mass is 195 g/mol. The first kappa shape index (κ1) is 8.26. The van der Waals surface area contributed by atoms with Crippen molar-refractivity contribution in [3.63, 3.8) is 0 Å². The lowest BCUT2D eigenvalue weighted by molar-refractivity contribution is 0.101. The number of carbonyl (C=O) groups is 1. The molecule has 2 rings (SSSR count). The van der Waals surface area contributed by atoms with Crippen LogP contribution in [0.4, 0.5) is 0 Å². The molecule has 0 amide bonds. The van der Waals surface area contributed by atoms with Gasteiger partial charge in [-0.15, -0.1) is 0 Å². The van der Waals surface area contributed by atoms with Crippen LogP contribution < -0.4 is 0 Å². The molecule has 1 aromatic carbocycles. The Morgan fingerprint density at radius 3 is 3.00 bits per heavy atom. The Hall–Kier alpha value is -1.35. The lowest BCUT2D eigenvalue weighted by Crippen LogP contribution is -1.91. The maximum absolute atomic E-state index is 11.1. The zero-order valence-corrected chi connectivity index (χ0v) is 7.63. The molecule has 13 heavy (non-hydrogen) atoms. The second-order valence-corrected chi connectivity index (χ2v) is 3.00. The van der Waals surface area contributed by atoms with E-state index in [-0.39, 0.29) is 11.1 Å². The molecule has 1 aromatic heterocycles. The Morgan fingerprint density at radius 1 is 1.54 bits per heavy atom. The summed E-state index contributed by atoms with van der Waals surface area (Å²) in [5.74, 6) is -0.0570. The summed E-state index contributed by atoms with van der Waals surface area (Å²) in [5.41, 5.74) is 1.58. The molecule has 0 radical (unpaired) electrons. The van der Waals surface area contributed by atoms with Crippen molar-refractivity contribution in [3.05, 3.63) is 29.1 Å². The normalized spacial score (nSPS) is 10.6. The molecule has 0 unspecified atom stereocenters. The predicted octanol–water partition coefficient (Wildman–Crippen LogP) is 2.68. The molecule has 4 heteroatoms. The first-order valence-electron chi connectivity index (χ1n) is 3.74. The molecular formula is C9H6ClNO2. The molecule has 0 atom stereocenters. The molecule has 0 saturated heterocycles. The standard InChI is InChI=1S/C9H6ClNO2/c1-5(12)6-3-2-4-7-8(6)13-9(10)11-7/h2-4H,1H3. The number of halogens is 1. The van der Waals surface area contributed by atoms with E-state index in [1.165, 1.54) is 6.92 Å². The maximum Gasteiger partial charge on any atom is 0.293 e. The van der Waals surface area contributed by atoms with Gasteiger partial charge in [0.15, 0.2) is 11.4 Å². The second-order valence-electron chi connectivity index (χ2n) is 2.68. The van der Waals surface area contributed by atoms with Gasteiger partial charge in [-0.25, -0.2) is 0 Å². The van der Waals surface area contributed by atoms with Crippen molar-refractivity contribution in [3.8, 4) is 0 Å². The number of oxazole rings is 1. The van der Waals surface area contributed by atoms with Crippen molar-refractivity contribution in [1.29, 1.82) is 0 Å². The number of ketones is 1. The average Bonchev–Trinajstić information content (AvgIpc) is 2.43. The van der Waals surface area contributed by atoms with E-state index in [1.54, 1.807) is 18.2 Å². The lowest BCUT2D eigenvalue weighted by Gasteiger charge is -1.93. The number of hydrogen-bond donors (Lipinski definition) is 0. The zero-order chi connectivity index (χ0) is 9.42. The number of nitrogens with zero attached hydrogens (tertiary/aromatic N) is 1. The fourth-order valence-electron chi connectivity index (χ4n) is 1.20. The Labute approximate surface area is 79.3 Å². The van der Waals surface area contributed by atoms with Gasteiger partial charge in [-0.3, -0.25) is 4.79 Å². The molecule has 2 aromatic rings. The van der Waals surface area contributed by atoms with Gasteiger partial charge >= 0.3 is 0 Å². The molecule has 1 heterocycles. The van der Waals surface area contributed by atoms with Crippen LogP contribution in [0.15, 0.2) is 22.6 Å². The summed E-state index contributed by atoms with van der Waals surface area (Å²) in [7, 11) is 0. The van der Waals surface area contributed by atoms with Gasteiger partial charge in [0.05, 0.1) is 5.56 Å². The molecule has 0 fully saturated rings. The van der Waals surface area contributed by atoms with E-state index < -0.39 is 0 Å². The third kappa shape index (κ3) is 1.31. The van der Waals surface area contributed by atoms with E-state index in [0.29, 0.717) is 16.7 Å². The van der Waals surface area contributed by atoms with E-state index in [2.05, 4.69) is 4.98 Å². The number of carbonyl (C=O) groups excluding carboxylic acids is 1. The second kappa shape index (κ2) is 2.85. The van der Waals surface area contributed by atoms with Crippen molar-refractivity contribution in [2.24, 2.45) is 0 Å². The summed E-state index contributed by atoms with van der Waals surface area (Å²) in [5, 5.41) is 0.0590. The summed E-state index contributed by atoms with van der Waals surface area (Å²) < 4.78 is 5.09. The van der Waals surface area contributed by atoms with Crippen LogP contribution in [0.2, 0.25) is 5.35 Å². The molecule has 0 saturated carbocycles. The van der Waals surface area contributed by atoms with Crippen LogP contribution in [0.1, 0.15) is 17.3 Å². The van der Waals surface area contributed by atoms with Gasteiger partial charge in [-0.2, -0.15) is 4.98 Å². The summed E-state index contributed by atoms with van der Waals surface area (Å²) >= 11 is 5.57. The highest BCUT2D eigenvalue weighted by molar-refractivity contribution is 6.28. The Balaban J connectivity index is 2.82. The number of Topliss-reactive ketones (excluding diaryl/α,β-unsaturated/α-hetero) is 1. The van der Waals surface area contributed by atoms with Crippen molar-refractivity contribution in [2.45, 2.75) is 6.92 Å². The number of rotatable bonds is 1. The summed E-state index contributed by atoms with van der Waals surface area (Å²) in [6, 6.07) is 5.18. The van der Waals surface area contributed by atoms with Crippen molar-refractivity contribution in [1.82, 2.24) is 4.98 Å². The van der Waals surface area contributed by atoms with Crippen molar-refractivity contribution in [2.75, 3.05) is 0 Å². The van der Waals surface area contributed by atoms with Crippen LogP contribution in [0.5, 0.6) is 0 Å². The largest absolute Gasteiger partial charge is 0.427 e. The Bertz CT molecular complexity index is 475. The minimum absolute atomic E-state index is 0.0570. The highest BCUT2D eigenvalue weighted by atomic mass is 35.5. The van der Waals surface area contributed by atoms with E-state index >= 15 is 0 Å². The number of fused-ring (bicyclic) bond motifs is 1. The predicted molar refractivity (Wildman–Crippen MR) is 49.0 cm³/mol. The molecule has 0 spiro atoms. The fourth-order valence-corrected chi connectivity index (χ4v) is 1.37. The van der Waals surface area contributed by atoms with Gasteiger partial charge in [0, 0.05) is 0 Å². The van der Waals surface area contributed by atoms with E-state index in [1.807, 2.05) is 0 Å². The zero-order valence-electron chi connectivity index (χ0n) is 6.87. The minimum atomic E-state index is -0.0570. The maximum atomic E-state index is 11.1. The van der Waals surface area contributed by atoms with Crippen molar-refractivity contribution < 1.29 is 9.21 Å². The lowest BCUT2D eigenvalue weighted by atomic mass is 10.1. The summed E-state index contributed by atoms with van der Waals surface area (Å²) in [6.45, 7) is 1.48. The first-order chi connectivity index (χ1) is 6.18. The van der Waals surface area contributed by atoms with E-state index in [0.717, 1.165) is 0 Å². The third-order valence-electron chi connectivity index (χ3n) is 1.77. The van der Waals surface area contributed by atoms with Crippen LogP contribution in [-0.4, -0.2) is 10.8 Å². The Kier molecular flexibility index (Phi) is 1.81. The van der Waals surface area contributed by atoms with Crippen LogP contribution in [0.25, 0.3) is 11.1 Å². The third-order valence-corrected chi connectivity index (χ3v) is 1.93. The minimum Gasteiger partial charge on any atom is -0.427 e. The SMILES string of the molecule is CC(=O)c1cccc2nc(Cl)oc12. The number of benzene rings is 1. The van der Waals surface area contributed by atoms with E-state index in [4.69, 9.17) is 16.0 Å². The number of hydrogen-bond acceptors (Lipinski definition) is 3. The average molecular weight is 196 g/mol. The van der Waals surface area contributed by atoms with Gasteiger partial charge in [-0.1, -0.05) is 6.07 Å². The number of aromatic nitrogens is 1. The van der Waals surface area contributed by atoms with E-state index in [9.17, 15) is 4.79 Å². The van der Waals surface area contributed by atoms with Gasteiger partial charge < -0.3 is 4.42 Å². The van der Waals surface area contributed by atoms with Crippen LogP contribution >= 0.6 is 11.6 Å². The quantitative estimate of drug-likeness (QED) is 0.657. The highest BCUT2D eigenvalue weighted by Crippen LogP contribution is 2.22. The van der Waals surface area contributed by atoms with Crippen molar-refractivity contribution >= 4 is 28.5 Å². The van der Waals surface area contributed by atoms with Crippen LogP contribution in [0, 0.1) is 0 Å². The molecule has 0 aliphatic rings. The Morgan fingerprint density at radius 2 is 2.31 bits per heavy atom. The van der Waals surface area contributed by atoms with Gasteiger partial charge in [0.25, 0.3) is 5.35 Å². The molecule has 0 aliphatic carbocycles. The van der Waals surface area contributed by atoms with Crippen LogP contribution in [-0.2, 0) is 0 Å². The first-order valence-corrected chi connectivity index (χ1v) is 4.12. The molecular weight excluding hydrogens is 190 g/mol. The fraction of sp³-hybridized carbons (Fsp3) is 0.111. The summed E-state index contributed by atoms with van der Waals surface area (Å²) in [6.07, 6.45) is 0. The molecule has 66 valence electrons. The highest BCUT2D eigenvalue weighted by Gasteiger charge is 2.10.